The summed E-state index contributed by atoms with van der Waals surface area (Å²) >= 11 is 0. The molecule has 0 saturated heterocycles. The van der Waals surface area contributed by atoms with Gasteiger partial charge in [-0.2, -0.15) is 14.7 Å². The Morgan fingerprint density at radius 2 is 1.20 bits per heavy atom. The maximum Gasteiger partial charge on any atom is 0.408 e. The molecule has 0 radical (unpaired) electrons. The Bertz CT molecular complexity index is 499. The van der Waals surface area contributed by atoms with E-state index in [1.165, 1.54) is 0 Å². The number of rotatable bonds is 4. The molecule has 1 rings (SSSR count). The molecular formula is C19H36O5P+. The second kappa shape index (κ2) is 9.29. The Hall–Kier alpha value is -0.710. The van der Waals surface area contributed by atoms with Crippen molar-refractivity contribution >= 4 is 7.94 Å². The Morgan fingerprint density at radius 3 is 1.40 bits per heavy atom. The van der Waals surface area contributed by atoms with Crippen molar-refractivity contribution in [3.8, 4) is 5.75 Å². The zero-order chi connectivity index (χ0) is 20.1. The van der Waals surface area contributed by atoms with E-state index >= 15 is 0 Å². The second-order valence-electron chi connectivity index (χ2n) is 8.17. The van der Waals surface area contributed by atoms with Crippen molar-refractivity contribution < 1.29 is 24.5 Å². The van der Waals surface area contributed by atoms with E-state index in [0.29, 0.717) is 5.56 Å². The van der Waals surface area contributed by atoms with Gasteiger partial charge in [-0.15, -0.1) is 0 Å². The summed E-state index contributed by atoms with van der Waals surface area (Å²) in [7, 11) is -3.88. The highest BCUT2D eigenvalue weighted by molar-refractivity contribution is 7.57. The lowest BCUT2D eigenvalue weighted by molar-refractivity contribution is 0.162. The molecule has 0 heterocycles. The Balaban J connectivity index is 0.00000101. The molecule has 4 N–H and O–H groups in total. The van der Waals surface area contributed by atoms with Crippen LogP contribution in [0, 0.1) is 0 Å². The van der Waals surface area contributed by atoms with Gasteiger partial charge in [-0.25, -0.2) is 0 Å². The molecule has 25 heavy (non-hydrogen) atoms. The normalized spacial score (nSPS) is 12.6. The zero-order valence-corrected chi connectivity index (χ0v) is 17.8. The summed E-state index contributed by atoms with van der Waals surface area (Å²) in [6.07, 6.45) is -0.195. The molecule has 0 aliphatic carbocycles. The predicted molar refractivity (Wildman–Crippen MR) is 105 cm³/mol. The van der Waals surface area contributed by atoms with Crippen LogP contribution in [0.2, 0.25) is 0 Å². The minimum atomic E-state index is -3.88. The fourth-order valence-electron chi connectivity index (χ4n) is 2.38. The number of benzene rings is 1. The van der Waals surface area contributed by atoms with Crippen LogP contribution in [0.4, 0.5) is 0 Å². The van der Waals surface area contributed by atoms with Gasteiger partial charge in [0.05, 0.1) is 0 Å². The van der Waals surface area contributed by atoms with E-state index in [2.05, 4.69) is 0 Å². The van der Waals surface area contributed by atoms with E-state index in [4.69, 9.17) is 4.74 Å². The third-order valence-electron chi connectivity index (χ3n) is 3.59. The summed E-state index contributed by atoms with van der Waals surface area (Å²) in [6, 6.07) is 3.48. The molecule has 5 nitrogen and oxygen atoms in total. The van der Waals surface area contributed by atoms with Crippen LogP contribution in [0.15, 0.2) is 12.1 Å². The van der Waals surface area contributed by atoms with Gasteiger partial charge < -0.3 is 9.84 Å². The monoisotopic (exact) mass is 375 g/mol. The molecule has 6 heteroatoms. The number of phenols is 1. The maximum atomic E-state index is 10.5. The van der Waals surface area contributed by atoms with Crippen molar-refractivity contribution in [2.24, 2.45) is 0 Å². The second-order valence-corrected chi connectivity index (χ2v) is 9.87. The molecule has 0 aliphatic heterocycles. The van der Waals surface area contributed by atoms with Gasteiger partial charge in [-0.1, -0.05) is 41.5 Å². The lowest BCUT2D eigenvalue weighted by Crippen LogP contribution is -2.18. The van der Waals surface area contributed by atoms with Gasteiger partial charge >= 0.3 is 7.94 Å². The minimum absolute atomic E-state index is 0.195. The smallest absolute Gasteiger partial charge is 0.408 e. The lowest BCUT2D eigenvalue weighted by atomic mass is 9.78. The average Bonchev–Trinajstić information content (AvgIpc) is 2.38. The van der Waals surface area contributed by atoms with E-state index < -0.39 is 7.94 Å². The van der Waals surface area contributed by atoms with Crippen LogP contribution in [0.3, 0.4) is 0 Å². The van der Waals surface area contributed by atoms with Crippen LogP contribution in [-0.2, 0) is 21.7 Å². The summed E-state index contributed by atoms with van der Waals surface area (Å²) in [6.45, 7) is 17.6. The van der Waals surface area contributed by atoms with E-state index in [9.17, 15) is 19.8 Å². The van der Waals surface area contributed by atoms with E-state index in [1.807, 2.05) is 55.4 Å². The fourth-order valence-corrected chi connectivity index (χ4v) is 3.05. The summed E-state index contributed by atoms with van der Waals surface area (Å²) in [4.78, 5) is 27.9. The largest absolute Gasteiger partial charge is 0.507 e. The number of phenolic OH excluding ortho intramolecular Hbond substituents is 1. The molecule has 0 aliphatic rings. The number of hydrogen-bond donors (Lipinski definition) is 4. The average molecular weight is 375 g/mol. The first-order valence-electron chi connectivity index (χ1n) is 8.64. The van der Waals surface area contributed by atoms with E-state index in [0.717, 1.165) is 24.3 Å². The number of ether oxygens (including phenoxy) is 1. The topological polar surface area (TPSA) is 90.2 Å². The Morgan fingerprint density at radius 1 is 0.840 bits per heavy atom. The number of hydrogen-bond acceptors (Lipinski definition) is 5. The highest BCUT2D eigenvalue weighted by Gasteiger charge is 2.33. The molecule has 0 unspecified atom stereocenters. The van der Waals surface area contributed by atoms with Gasteiger partial charge in [-0.3, -0.25) is 0 Å². The fraction of sp³-hybridized carbons (Fsp3) is 0.684. The lowest BCUT2D eigenvalue weighted by Gasteiger charge is -2.28. The van der Waals surface area contributed by atoms with Gasteiger partial charge in [0.25, 0.3) is 0 Å². The third kappa shape index (κ3) is 8.98. The predicted octanol–water partition coefficient (Wildman–Crippen LogP) is 4.27. The molecule has 0 amide bonds. The van der Waals surface area contributed by atoms with Crippen molar-refractivity contribution in [2.75, 3.05) is 13.2 Å². The zero-order valence-electron chi connectivity index (χ0n) is 16.9. The summed E-state index contributed by atoms with van der Waals surface area (Å²) in [5.41, 5.74) is 1.56. The molecule has 1 aromatic carbocycles. The SMILES string of the molecule is CC(C)(C)c1cc(C[P+](O)(O)O)cc(C(C)(C)C)c1O.CCOCC. The highest BCUT2D eigenvalue weighted by Crippen LogP contribution is 2.50. The van der Waals surface area contributed by atoms with Crippen LogP contribution >= 0.6 is 7.94 Å². The van der Waals surface area contributed by atoms with Crippen LogP contribution in [0.1, 0.15) is 72.1 Å². The molecule has 0 atom stereocenters. The molecular weight excluding hydrogens is 339 g/mol. The molecule has 0 fully saturated rings. The van der Waals surface area contributed by atoms with Crippen molar-refractivity contribution in [3.63, 3.8) is 0 Å². The molecule has 0 bridgehead atoms. The van der Waals surface area contributed by atoms with Gasteiger partial charge in [0, 0.05) is 13.2 Å². The molecule has 0 spiro atoms. The standard InChI is InChI=1S/C15H25O4P.C4H10O/c1-14(2,3)11-7-10(9-20(17,18)19)8-12(13(11)16)15(4,5)6;1-3-5-4-2/h7-8,17-19H,9H2,1-6H3;3-4H2,1-2H3/p+1. The summed E-state index contributed by atoms with van der Waals surface area (Å²) in [5, 5.41) is 10.5. The van der Waals surface area contributed by atoms with Crippen molar-refractivity contribution in [1.82, 2.24) is 0 Å². The highest BCUT2D eigenvalue weighted by atomic mass is 31.2. The van der Waals surface area contributed by atoms with Crippen molar-refractivity contribution in [3.05, 3.63) is 28.8 Å². The van der Waals surface area contributed by atoms with Crippen molar-refractivity contribution in [1.29, 1.82) is 0 Å². The van der Waals surface area contributed by atoms with Gasteiger partial charge in [0.2, 0.25) is 0 Å². The van der Waals surface area contributed by atoms with Gasteiger partial charge in [-0.05, 0) is 53.5 Å². The quantitative estimate of drug-likeness (QED) is 0.590. The molecule has 0 saturated carbocycles. The Labute approximate surface area is 153 Å². The third-order valence-corrected chi connectivity index (χ3v) is 4.38. The first-order chi connectivity index (χ1) is 11.1. The first kappa shape index (κ1) is 24.3. The van der Waals surface area contributed by atoms with Gasteiger partial charge in [0.15, 0.2) is 6.16 Å². The van der Waals surface area contributed by atoms with Gasteiger partial charge in [0.1, 0.15) is 5.75 Å². The Kier molecular flexibility index (Phi) is 9.03. The maximum absolute atomic E-state index is 10.5. The summed E-state index contributed by atoms with van der Waals surface area (Å²) < 4.78 is 4.83. The minimum Gasteiger partial charge on any atom is -0.507 e. The molecule has 0 aromatic heterocycles. The van der Waals surface area contributed by atoms with Crippen LogP contribution in [0.25, 0.3) is 0 Å². The number of aromatic hydroxyl groups is 1. The van der Waals surface area contributed by atoms with Crippen molar-refractivity contribution in [2.45, 2.75) is 72.4 Å². The van der Waals surface area contributed by atoms with E-state index in [-0.39, 0.29) is 22.7 Å². The van der Waals surface area contributed by atoms with Crippen LogP contribution in [0.5, 0.6) is 5.75 Å². The molecule has 1 aromatic rings. The van der Waals surface area contributed by atoms with Crippen LogP contribution < -0.4 is 0 Å². The summed E-state index contributed by atoms with van der Waals surface area (Å²) in [5.74, 6) is 0.242. The van der Waals surface area contributed by atoms with E-state index in [1.54, 1.807) is 12.1 Å². The first-order valence-corrected chi connectivity index (χ1v) is 10.5. The van der Waals surface area contributed by atoms with Crippen LogP contribution in [-0.4, -0.2) is 33.0 Å². The molecule has 146 valence electrons.